The first-order valence-corrected chi connectivity index (χ1v) is 9.88. The van der Waals surface area contributed by atoms with Gasteiger partial charge in [-0.05, 0) is 36.5 Å². The molecule has 0 radical (unpaired) electrons. The van der Waals surface area contributed by atoms with Gasteiger partial charge in [-0.2, -0.15) is 0 Å². The van der Waals surface area contributed by atoms with Gasteiger partial charge in [0.15, 0.2) is 22.2 Å². The summed E-state index contributed by atoms with van der Waals surface area (Å²) in [5.74, 6) is 0.349. The molecule has 3 rings (SSSR count). The number of Topliss-reactive ketones (excluding diaryl/α,β-unsaturated/α-hetero) is 1. The lowest BCUT2D eigenvalue weighted by molar-refractivity contribution is -0.123. The molecular formula is C17H21NO5S. The number of aryl methyl sites for hydroxylation is 1. The van der Waals surface area contributed by atoms with Crippen LogP contribution < -0.4 is 10.1 Å². The summed E-state index contributed by atoms with van der Waals surface area (Å²) in [6.45, 7) is 3.74. The average Bonchev–Trinajstić information content (AvgIpc) is 2.98. The van der Waals surface area contributed by atoms with Crippen LogP contribution in [0.4, 0.5) is 0 Å². The Morgan fingerprint density at radius 1 is 1.38 bits per heavy atom. The molecule has 130 valence electrons. The summed E-state index contributed by atoms with van der Waals surface area (Å²) >= 11 is 0. The van der Waals surface area contributed by atoms with Crippen molar-refractivity contribution in [3.8, 4) is 5.75 Å². The van der Waals surface area contributed by atoms with Crippen LogP contribution in [0.15, 0.2) is 12.1 Å². The number of carbonyl (C=O) groups is 2. The number of rotatable bonds is 4. The zero-order chi connectivity index (χ0) is 17.5. The van der Waals surface area contributed by atoms with Crippen LogP contribution in [0, 0.1) is 6.92 Å². The standard InChI is InChI=1S/C17H21NO5S/c1-10-3-4-14(17-13(19)7-11(2)16(10)17)23-8-15(20)18-12-5-6-24(21,22)9-12/h3-4,11-12H,5-9H2,1-2H3,(H,18,20)/t11-,12+/m0/s1. The van der Waals surface area contributed by atoms with Crippen LogP contribution in [0.3, 0.4) is 0 Å². The van der Waals surface area contributed by atoms with Gasteiger partial charge in [0.25, 0.3) is 5.91 Å². The third-order valence-corrected chi connectivity index (χ3v) is 6.41. The average molecular weight is 351 g/mol. The minimum absolute atomic E-state index is 0.0192. The summed E-state index contributed by atoms with van der Waals surface area (Å²) in [7, 11) is -3.03. The van der Waals surface area contributed by atoms with E-state index in [0.29, 0.717) is 24.2 Å². The van der Waals surface area contributed by atoms with Crippen molar-refractivity contribution in [2.24, 2.45) is 0 Å². The van der Waals surface area contributed by atoms with Gasteiger partial charge in [-0.25, -0.2) is 8.42 Å². The second-order valence-electron chi connectivity index (χ2n) is 6.65. The van der Waals surface area contributed by atoms with Crippen LogP contribution in [0.2, 0.25) is 0 Å². The highest BCUT2D eigenvalue weighted by molar-refractivity contribution is 7.91. The molecule has 0 spiro atoms. The number of ether oxygens (including phenoxy) is 1. The molecule has 1 saturated heterocycles. The number of ketones is 1. The van der Waals surface area contributed by atoms with Gasteiger partial charge in [-0.1, -0.05) is 13.0 Å². The second kappa shape index (κ2) is 6.20. The van der Waals surface area contributed by atoms with Crippen molar-refractivity contribution in [2.45, 2.75) is 38.6 Å². The molecule has 1 heterocycles. The first-order chi connectivity index (χ1) is 11.3. The Morgan fingerprint density at radius 2 is 2.12 bits per heavy atom. The van der Waals surface area contributed by atoms with E-state index in [2.05, 4.69) is 5.32 Å². The third-order valence-electron chi connectivity index (χ3n) is 4.64. The molecular weight excluding hydrogens is 330 g/mol. The fourth-order valence-corrected chi connectivity index (χ4v) is 5.22. The van der Waals surface area contributed by atoms with E-state index in [0.717, 1.165) is 11.1 Å². The predicted molar refractivity (Wildman–Crippen MR) is 89.2 cm³/mol. The first kappa shape index (κ1) is 17.0. The number of carbonyl (C=O) groups excluding carboxylic acids is 2. The highest BCUT2D eigenvalue weighted by atomic mass is 32.2. The summed E-state index contributed by atoms with van der Waals surface area (Å²) in [4.78, 5) is 24.2. The van der Waals surface area contributed by atoms with E-state index in [1.54, 1.807) is 6.07 Å². The molecule has 6 nitrogen and oxygen atoms in total. The van der Waals surface area contributed by atoms with Crippen LogP contribution >= 0.6 is 0 Å². The SMILES string of the molecule is Cc1ccc(OCC(=O)N[C@@H]2CCS(=O)(=O)C2)c2c1[C@@H](C)CC2=O. The highest BCUT2D eigenvalue weighted by Gasteiger charge is 2.32. The normalized spacial score (nSPS) is 24.7. The Labute approximate surface area is 141 Å². The maximum Gasteiger partial charge on any atom is 0.258 e. The molecule has 0 unspecified atom stereocenters. The van der Waals surface area contributed by atoms with Crippen LogP contribution in [0.25, 0.3) is 0 Å². The molecule has 0 saturated carbocycles. The van der Waals surface area contributed by atoms with Gasteiger partial charge in [0.05, 0.1) is 17.1 Å². The number of sulfone groups is 1. The van der Waals surface area contributed by atoms with Gasteiger partial charge in [-0.3, -0.25) is 9.59 Å². The molecule has 0 bridgehead atoms. The topological polar surface area (TPSA) is 89.5 Å². The number of hydrogen-bond acceptors (Lipinski definition) is 5. The van der Waals surface area contributed by atoms with Crippen molar-refractivity contribution < 1.29 is 22.7 Å². The van der Waals surface area contributed by atoms with Crippen LogP contribution in [0.5, 0.6) is 5.75 Å². The van der Waals surface area contributed by atoms with Gasteiger partial charge >= 0.3 is 0 Å². The number of benzene rings is 1. The molecule has 0 aromatic heterocycles. The van der Waals surface area contributed by atoms with Crippen molar-refractivity contribution in [1.82, 2.24) is 5.32 Å². The first-order valence-electron chi connectivity index (χ1n) is 8.06. The van der Waals surface area contributed by atoms with Gasteiger partial charge in [0.2, 0.25) is 0 Å². The van der Waals surface area contributed by atoms with E-state index >= 15 is 0 Å². The summed E-state index contributed by atoms with van der Waals surface area (Å²) in [6.07, 6.45) is 0.896. The molecule has 7 heteroatoms. The van der Waals surface area contributed by atoms with Gasteiger partial charge < -0.3 is 10.1 Å². The summed E-state index contributed by atoms with van der Waals surface area (Å²) in [5, 5.41) is 2.68. The Bertz CT molecular complexity index is 799. The molecule has 1 aliphatic carbocycles. The maximum absolute atomic E-state index is 12.2. The molecule has 1 amide bonds. The van der Waals surface area contributed by atoms with Gasteiger partial charge in [-0.15, -0.1) is 0 Å². The van der Waals surface area contributed by atoms with Crippen LogP contribution in [-0.2, 0) is 14.6 Å². The van der Waals surface area contributed by atoms with E-state index in [1.807, 2.05) is 19.9 Å². The number of fused-ring (bicyclic) bond motifs is 1. The van der Waals surface area contributed by atoms with Crippen molar-refractivity contribution in [2.75, 3.05) is 18.1 Å². The van der Waals surface area contributed by atoms with Crippen LogP contribution in [0.1, 0.15) is 47.2 Å². The van der Waals surface area contributed by atoms with E-state index in [4.69, 9.17) is 4.74 Å². The highest BCUT2D eigenvalue weighted by Crippen LogP contribution is 2.40. The lowest BCUT2D eigenvalue weighted by Crippen LogP contribution is -2.38. The lowest BCUT2D eigenvalue weighted by atomic mass is 9.97. The van der Waals surface area contributed by atoms with E-state index in [1.165, 1.54) is 0 Å². The summed E-state index contributed by atoms with van der Waals surface area (Å²) < 4.78 is 28.4. The molecule has 1 aromatic rings. The summed E-state index contributed by atoms with van der Waals surface area (Å²) in [6, 6.07) is 3.26. The smallest absolute Gasteiger partial charge is 0.258 e. The van der Waals surface area contributed by atoms with Crippen molar-refractivity contribution >= 4 is 21.5 Å². The number of nitrogens with one attached hydrogen (secondary N) is 1. The quantitative estimate of drug-likeness (QED) is 0.885. The van der Waals surface area contributed by atoms with E-state index in [9.17, 15) is 18.0 Å². The van der Waals surface area contributed by atoms with E-state index in [-0.39, 0.29) is 41.8 Å². The number of amides is 1. The van der Waals surface area contributed by atoms with Gasteiger partial charge in [0, 0.05) is 12.5 Å². The molecule has 2 atom stereocenters. The third kappa shape index (κ3) is 3.31. The molecule has 1 N–H and O–H groups in total. The monoisotopic (exact) mass is 351 g/mol. The Kier molecular flexibility index (Phi) is 4.38. The number of hydrogen-bond donors (Lipinski definition) is 1. The van der Waals surface area contributed by atoms with E-state index < -0.39 is 9.84 Å². The largest absolute Gasteiger partial charge is 0.483 e. The minimum atomic E-state index is -3.03. The molecule has 1 fully saturated rings. The Balaban J connectivity index is 1.66. The van der Waals surface area contributed by atoms with Crippen molar-refractivity contribution in [3.63, 3.8) is 0 Å². The van der Waals surface area contributed by atoms with Crippen molar-refractivity contribution in [3.05, 3.63) is 28.8 Å². The molecule has 2 aliphatic rings. The lowest BCUT2D eigenvalue weighted by Gasteiger charge is -2.14. The predicted octanol–water partition coefficient (Wildman–Crippen LogP) is 1.37. The molecule has 24 heavy (non-hydrogen) atoms. The van der Waals surface area contributed by atoms with Gasteiger partial charge in [0.1, 0.15) is 5.75 Å². The Morgan fingerprint density at radius 3 is 2.79 bits per heavy atom. The molecule has 1 aliphatic heterocycles. The van der Waals surface area contributed by atoms with Crippen LogP contribution in [-0.4, -0.2) is 44.3 Å². The zero-order valence-corrected chi connectivity index (χ0v) is 14.6. The summed E-state index contributed by atoms with van der Waals surface area (Å²) in [5.41, 5.74) is 2.63. The second-order valence-corrected chi connectivity index (χ2v) is 8.88. The Hall–Kier alpha value is -1.89. The fourth-order valence-electron chi connectivity index (χ4n) is 3.55. The minimum Gasteiger partial charge on any atom is -0.483 e. The van der Waals surface area contributed by atoms with Crippen molar-refractivity contribution in [1.29, 1.82) is 0 Å². The molecule has 1 aromatic carbocycles. The maximum atomic E-state index is 12.2. The fraction of sp³-hybridized carbons (Fsp3) is 0.529. The zero-order valence-electron chi connectivity index (χ0n) is 13.8.